The van der Waals surface area contributed by atoms with E-state index in [4.69, 9.17) is 5.11 Å². The average molecular weight is 254 g/mol. The molecule has 3 N–H and O–H groups in total. The first-order valence-corrected chi connectivity index (χ1v) is 5.80. The molecule has 0 spiro atoms. The first kappa shape index (κ1) is 14.2. The van der Waals surface area contributed by atoms with Crippen LogP contribution in [0.3, 0.4) is 0 Å². The molecule has 1 heterocycles. The summed E-state index contributed by atoms with van der Waals surface area (Å²) in [4.78, 5) is 25.7. The van der Waals surface area contributed by atoms with E-state index in [9.17, 15) is 9.59 Å². The van der Waals surface area contributed by atoms with E-state index in [2.05, 4.69) is 15.6 Å². The van der Waals surface area contributed by atoms with Crippen molar-refractivity contribution < 1.29 is 14.7 Å². The lowest BCUT2D eigenvalue weighted by atomic mass is 10.3. The van der Waals surface area contributed by atoms with Gasteiger partial charge in [0, 0.05) is 25.7 Å². The van der Waals surface area contributed by atoms with Crippen LogP contribution in [0.15, 0.2) is 12.5 Å². The van der Waals surface area contributed by atoms with Gasteiger partial charge in [-0.15, -0.1) is 0 Å². The SMILES string of the molecule is CNCCCC(=O)NCCn1cnc(C(=O)O)c1. The molecule has 0 atom stereocenters. The summed E-state index contributed by atoms with van der Waals surface area (Å²) in [5.74, 6) is -1.05. The standard InChI is InChI=1S/C11H18N4O3/c1-12-4-2-3-10(16)13-5-6-15-7-9(11(17)18)14-8-15/h7-8,12H,2-6H2,1H3,(H,13,16)(H,17,18). The van der Waals surface area contributed by atoms with Crippen LogP contribution in [-0.2, 0) is 11.3 Å². The molecule has 0 bridgehead atoms. The number of imidazole rings is 1. The van der Waals surface area contributed by atoms with E-state index in [0.29, 0.717) is 19.5 Å². The van der Waals surface area contributed by atoms with E-state index >= 15 is 0 Å². The minimum atomic E-state index is -1.05. The zero-order chi connectivity index (χ0) is 13.4. The molecule has 0 aliphatic rings. The molecular weight excluding hydrogens is 236 g/mol. The van der Waals surface area contributed by atoms with Gasteiger partial charge in [-0.1, -0.05) is 0 Å². The van der Waals surface area contributed by atoms with Crippen molar-refractivity contribution in [3.05, 3.63) is 18.2 Å². The molecule has 1 aromatic heterocycles. The Hall–Kier alpha value is -1.89. The second kappa shape index (κ2) is 7.44. The molecule has 0 radical (unpaired) electrons. The summed E-state index contributed by atoms with van der Waals surface area (Å²) >= 11 is 0. The van der Waals surface area contributed by atoms with Crippen LogP contribution in [0.25, 0.3) is 0 Å². The van der Waals surface area contributed by atoms with Crippen molar-refractivity contribution in [2.45, 2.75) is 19.4 Å². The number of rotatable bonds is 8. The Morgan fingerprint density at radius 2 is 2.22 bits per heavy atom. The van der Waals surface area contributed by atoms with E-state index in [1.165, 1.54) is 12.5 Å². The molecule has 0 aromatic carbocycles. The zero-order valence-corrected chi connectivity index (χ0v) is 10.3. The van der Waals surface area contributed by atoms with Gasteiger partial charge in [0.2, 0.25) is 5.91 Å². The third kappa shape index (κ3) is 4.96. The van der Waals surface area contributed by atoms with E-state index in [1.807, 2.05) is 7.05 Å². The van der Waals surface area contributed by atoms with Gasteiger partial charge in [0.05, 0.1) is 6.33 Å². The molecule has 1 amide bonds. The number of nitrogens with one attached hydrogen (secondary N) is 2. The lowest BCUT2D eigenvalue weighted by Crippen LogP contribution is -2.27. The average Bonchev–Trinajstić information content (AvgIpc) is 2.78. The first-order valence-electron chi connectivity index (χ1n) is 5.80. The zero-order valence-electron chi connectivity index (χ0n) is 10.3. The third-order valence-electron chi connectivity index (χ3n) is 2.38. The molecule has 18 heavy (non-hydrogen) atoms. The molecule has 0 aliphatic heterocycles. The fourth-order valence-electron chi connectivity index (χ4n) is 1.43. The summed E-state index contributed by atoms with van der Waals surface area (Å²) in [5.41, 5.74) is 0.00958. The topological polar surface area (TPSA) is 96.3 Å². The maximum atomic E-state index is 11.4. The van der Waals surface area contributed by atoms with Crippen LogP contribution in [0.4, 0.5) is 0 Å². The summed E-state index contributed by atoms with van der Waals surface area (Å²) in [6, 6.07) is 0. The Kier molecular flexibility index (Phi) is 5.86. The van der Waals surface area contributed by atoms with E-state index < -0.39 is 5.97 Å². The number of aromatic carboxylic acids is 1. The minimum absolute atomic E-state index is 0.00354. The Morgan fingerprint density at radius 3 is 2.83 bits per heavy atom. The number of nitrogens with zero attached hydrogens (tertiary/aromatic N) is 2. The van der Waals surface area contributed by atoms with Crippen LogP contribution >= 0.6 is 0 Å². The highest BCUT2D eigenvalue weighted by molar-refractivity contribution is 5.84. The van der Waals surface area contributed by atoms with Crippen molar-refractivity contribution in [1.29, 1.82) is 0 Å². The van der Waals surface area contributed by atoms with Gasteiger partial charge in [-0.3, -0.25) is 4.79 Å². The maximum Gasteiger partial charge on any atom is 0.356 e. The molecule has 0 saturated heterocycles. The molecule has 0 aliphatic carbocycles. The smallest absolute Gasteiger partial charge is 0.356 e. The summed E-state index contributed by atoms with van der Waals surface area (Å²) < 4.78 is 1.64. The summed E-state index contributed by atoms with van der Waals surface area (Å²) in [5, 5.41) is 14.4. The Bertz CT molecular complexity index is 403. The van der Waals surface area contributed by atoms with Crippen LogP contribution < -0.4 is 10.6 Å². The Balaban J connectivity index is 2.20. The van der Waals surface area contributed by atoms with Gasteiger partial charge in [-0.2, -0.15) is 0 Å². The van der Waals surface area contributed by atoms with Crippen molar-refractivity contribution >= 4 is 11.9 Å². The minimum Gasteiger partial charge on any atom is -0.476 e. The molecule has 0 saturated carbocycles. The summed E-state index contributed by atoms with van der Waals surface area (Å²) in [6.07, 6.45) is 4.17. The fourth-order valence-corrected chi connectivity index (χ4v) is 1.43. The lowest BCUT2D eigenvalue weighted by molar-refractivity contribution is -0.121. The van der Waals surface area contributed by atoms with E-state index in [1.54, 1.807) is 4.57 Å². The van der Waals surface area contributed by atoms with Crippen LogP contribution in [0, 0.1) is 0 Å². The Labute approximate surface area is 105 Å². The van der Waals surface area contributed by atoms with Gasteiger partial charge < -0.3 is 20.3 Å². The quantitative estimate of drug-likeness (QED) is 0.553. The number of carbonyl (C=O) groups excluding carboxylic acids is 1. The lowest BCUT2D eigenvalue weighted by Gasteiger charge is -2.05. The molecule has 7 nitrogen and oxygen atoms in total. The summed E-state index contributed by atoms with van der Waals surface area (Å²) in [7, 11) is 1.84. The van der Waals surface area contributed by atoms with Crippen LogP contribution in [-0.4, -0.2) is 46.7 Å². The van der Waals surface area contributed by atoms with Crippen LogP contribution in [0.1, 0.15) is 23.3 Å². The predicted molar refractivity (Wildman–Crippen MR) is 65.4 cm³/mol. The van der Waals surface area contributed by atoms with Crippen molar-refractivity contribution in [3.63, 3.8) is 0 Å². The largest absolute Gasteiger partial charge is 0.476 e. The molecule has 1 aromatic rings. The highest BCUT2D eigenvalue weighted by atomic mass is 16.4. The number of carboxylic acid groups (broad SMARTS) is 1. The number of aromatic nitrogens is 2. The van der Waals surface area contributed by atoms with Gasteiger partial charge in [-0.05, 0) is 20.0 Å². The van der Waals surface area contributed by atoms with Crippen LogP contribution in [0.2, 0.25) is 0 Å². The molecular formula is C11H18N4O3. The fraction of sp³-hybridized carbons (Fsp3) is 0.545. The second-order valence-corrected chi connectivity index (χ2v) is 3.86. The second-order valence-electron chi connectivity index (χ2n) is 3.86. The van der Waals surface area contributed by atoms with Gasteiger partial charge >= 0.3 is 5.97 Å². The van der Waals surface area contributed by atoms with Gasteiger partial charge in [0.1, 0.15) is 0 Å². The predicted octanol–water partition coefficient (Wildman–Crippen LogP) is -0.303. The third-order valence-corrected chi connectivity index (χ3v) is 2.38. The summed E-state index contributed by atoms with van der Waals surface area (Å²) in [6.45, 7) is 1.79. The molecule has 0 unspecified atom stereocenters. The van der Waals surface area contributed by atoms with E-state index in [-0.39, 0.29) is 11.6 Å². The Morgan fingerprint density at radius 1 is 1.44 bits per heavy atom. The van der Waals surface area contributed by atoms with Gasteiger partial charge in [0.15, 0.2) is 5.69 Å². The number of amides is 1. The number of carboxylic acids is 1. The normalized spacial score (nSPS) is 10.3. The molecule has 0 fully saturated rings. The van der Waals surface area contributed by atoms with E-state index in [0.717, 1.165) is 13.0 Å². The van der Waals surface area contributed by atoms with Crippen molar-refractivity contribution in [2.24, 2.45) is 0 Å². The highest BCUT2D eigenvalue weighted by Crippen LogP contribution is 1.95. The number of hydrogen-bond donors (Lipinski definition) is 3. The number of hydrogen-bond acceptors (Lipinski definition) is 4. The van der Waals surface area contributed by atoms with Gasteiger partial charge in [-0.25, -0.2) is 9.78 Å². The first-order chi connectivity index (χ1) is 8.63. The van der Waals surface area contributed by atoms with Gasteiger partial charge in [0.25, 0.3) is 0 Å². The van der Waals surface area contributed by atoms with Crippen LogP contribution in [0.5, 0.6) is 0 Å². The monoisotopic (exact) mass is 254 g/mol. The maximum absolute atomic E-state index is 11.4. The molecule has 1 rings (SSSR count). The number of carbonyl (C=O) groups is 2. The van der Waals surface area contributed by atoms with Crippen molar-refractivity contribution in [3.8, 4) is 0 Å². The van der Waals surface area contributed by atoms with Crippen molar-refractivity contribution in [2.75, 3.05) is 20.1 Å². The molecule has 100 valence electrons. The highest BCUT2D eigenvalue weighted by Gasteiger charge is 2.06. The van der Waals surface area contributed by atoms with Crippen molar-refractivity contribution in [1.82, 2.24) is 20.2 Å². The molecule has 7 heteroatoms.